The van der Waals surface area contributed by atoms with Crippen molar-refractivity contribution in [2.24, 2.45) is 5.92 Å². The van der Waals surface area contributed by atoms with Crippen molar-refractivity contribution >= 4 is 17.7 Å². The summed E-state index contributed by atoms with van der Waals surface area (Å²) in [6.45, 7) is 4.46. The molecule has 5 nitrogen and oxygen atoms in total. The lowest BCUT2D eigenvalue weighted by Crippen LogP contribution is -2.47. The van der Waals surface area contributed by atoms with Gasteiger partial charge in [0.15, 0.2) is 0 Å². The number of nitrogens with one attached hydrogen (secondary N) is 1. The molecule has 108 valence electrons. The van der Waals surface area contributed by atoms with Gasteiger partial charge in [0.2, 0.25) is 0 Å². The van der Waals surface area contributed by atoms with Crippen molar-refractivity contribution in [2.75, 3.05) is 11.4 Å². The summed E-state index contributed by atoms with van der Waals surface area (Å²) >= 11 is 0. The van der Waals surface area contributed by atoms with Crippen LogP contribution in [0.5, 0.6) is 0 Å². The zero-order valence-corrected chi connectivity index (χ0v) is 11.8. The van der Waals surface area contributed by atoms with Crippen LogP contribution in [0, 0.1) is 5.92 Å². The predicted octanol–water partition coefficient (Wildman–Crippen LogP) is 2.26. The summed E-state index contributed by atoms with van der Waals surface area (Å²) in [5.41, 5.74) is 2.07. The van der Waals surface area contributed by atoms with Gasteiger partial charge in [0.1, 0.15) is 0 Å². The van der Waals surface area contributed by atoms with Crippen molar-refractivity contribution < 1.29 is 14.7 Å². The molecule has 0 fully saturated rings. The maximum Gasteiger partial charge on any atom is 0.322 e. The highest BCUT2D eigenvalue weighted by Gasteiger charge is 2.27. The number of para-hydroxylation sites is 1. The van der Waals surface area contributed by atoms with Gasteiger partial charge < -0.3 is 10.4 Å². The predicted molar refractivity (Wildman–Crippen MR) is 76.9 cm³/mol. The molecule has 1 heterocycles. The molecule has 0 bridgehead atoms. The number of carbonyl (C=O) groups is 2. The Morgan fingerprint density at radius 1 is 1.35 bits per heavy atom. The second-order valence-electron chi connectivity index (χ2n) is 5.43. The van der Waals surface area contributed by atoms with Crippen molar-refractivity contribution in [3.63, 3.8) is 0 Å². The fourth-order valence-corrected chi connectivity index (χ4v) is 2.43. The Balaban J connectivity index is 2.07. The van der Waals surface area contributed by atoms with Crippen LogP contribution in [0.15, 0.2) is 24.3 Å². The number of fused-ring (bicyclic) bond motifs is 1. The monoisotopic (exact) mass is 276 g/mol. The minimum absolute atomic E-state index is 0.0567. The molecule has 1 atom stereocenters. The van der Waals surface area contributed by atoms with Gasteiger partial charge in [0, 0.05) is 18.3 Å². The lowest BCUT2D eigenvalue weighted by Gasteiger charge is -2.25. The normalized spacial score (nSPS) is 15.1. The number of anilines is 1. The Bertz CT molecular complexity index is 514. The number of aliphatic carboxylic acids is 1. The molecule has 1 aromatic carbocycles. The number of carboxylic acids is 1. The third-order valence-corrected chi connectivity index (χ3v) is 3.64. The molecule has 2 amide bonds. The van der Waals surface area contributed by atoms with Gasteiger partial charge in [-0.25, -0.2) is 4.79 Å². The van der Waals surface area contributed by atoms with E-state index in [4.69, 9.17) is 5.11 Å². The van der Waals surface area contributed by atoms with E-state index in [0.717, 1.165) is 17.7 Å². The summed E-state index contributed by atoms with van der Waals surface area (Å²) < 4.78 is 0. The highest BCUT2D eigenvalue weighted by atomic mass is 16.4. The lowest BCUT2D eigenvalue weighted by atomic mass is 10.0. The van der Waals surface area contributed by atoms with E-state index in [1.54, 1.807) is 4.90 Å². The largest absolute Gasteiger partial charge is 0.481 e. The van der Waals surface area contributed by atoms with E-state index in [-0.39, 0.29) is 24.4 Å². The van der Waals surface area contributed by atoms with Crippen molar-refractivity contribution in [3.8, 4) is 0 Å². The molecule has 0 radical (unpaired) electrons. The van der Waals surface area contributed by atoms with Crippen LogP contribution in [-0.4, -0.2) is 29.7 Å². The van der Waals surface area contributed by atoms with E-state index < -0.39 is 5.97 Å². The van der Waals surface area contributed by atoms with Crippen LogP contribution >= 0.6 is 0 Å². The minimum atomic E-state index is -0.897. The molecule has 1 unspecified atom stereocenters. The van der Waals surface area contributed by atoms with E-state index >= 15 is 0 Å². The summed E-state index contributed by atoms with van der Waals surface area (Å²) in [7, 11) is 0. The highest BCUT2D eigenvalue weighted by Crippen LogP contribution is 2.27. The minimum Gasteiger partial charge on any atom is -0.481 e. The SMILES string of the molecule is CC(C)C(CC(=O)O)NC(=O)N1CCc2ccccc21. The number of urea groups is 1. The molecule has 1 aliphatic heterocycles. The fraction of sp³-hybridized carbons (Fsp3) is 0.467. The van der Waals surface area contributed by atoms with Crippen LogP contribution in [0.1, 0.15) is 25.8 Å². The van der Waals surface area contributed by atoms with Crippen molar-refractivity contribution in [1.29, 1.82) is 0 Å². The molecule has 5 heteroatoms. The van der Waals surface area contributed by atoms with Crippen LogP contribution < -0.4 is 10.2 Å². The summed E-state index contributed by atoms with van der Waals surface area (Å²) in [5.74, 6) is -0.821. The first-order valence-corrected chi connectivity index (χ1v) is 6.86. The molecule has 2 rings (SSSR count). The lowest BCUT2D eigenvalue weighted by molar-refractivity contribution is -0.137. The number of hydrogen-bond donors (Lipinski definition) is 2. The molecule has 0 spiro atoms. The van der Waals surface area contributed by atoms with Gasteiger partial charge in [0.25, 0.3) is 0 Å². The Kier molecular flexibility index (Phi) is 4.27. The Hall–Kier alpha value is -2.04. The molecule has 2 N–H and O–H groups in total. The molecule has 1 aliphatic rings. The summed E-state index contributed by atoms with van der Waals surface area (Å²) in [6.07, 6.45) is 0.785. The zero-order valence-electron chi connectivity index (χ0n) is 11.8. The van der Waals surface area contributed by atoms with Gasteiger partial charge >= 0.3 is 12.0 Å². The van der Waals surface area contributed by atoms with Crippen molar-refractivity contribution in [2.45, 2.75) is 32.7 Å². The molecule has 0 aromatic heterocycles. The number of rotatable bonds is 4. The van der Waals surface area contributed by atoms with E-state index in [0.29, 0.717) is 6.54 Å². The maximum absolute atomic E-state index is 12.3. The number of amides is 2. The van der Waals surface area contributed by atoms with E-state index in [1.165, 1.54) is 0 Å². The molecule has 20 heavy (non-hydrogen) atoms. The quantitative estimate of drug-likeness (QED) is 0.886. The third-order valence-electron chi connectivity index (χ3n) is 3.64. The molecule has 0 aliphatic carbocycles. The Morgan fingerprint density at radius 3 is 2.70 bits per heavy atom. The first-order chi connectivity index (χ1) is 9.49. The van der Waals surface area contributed by atoms with Crippen LogP contribution in [0.4, 0.5) is 10.5 Å². The van der Waals surface area contributed by atoms with E-state index in [1.807, 2.05) is 38.1 Å². The average Bonchev–Trinajstić information content (AvgIpc) is 2.81. The average molecular weight is 276 g/mol. The van der Waals surface area contributed by atoms with Crippen LogP contribution in [0.2, 0.25) is 0 Å². The third kappa shape index (κ3) is 3.10. The van der Waals surface area contributed by atoms with Gasteiger partial charge in [-0.3, -0.25) is 9.69 Å². The number of nitrogens with zero attached hydrogens (tertiary/aromatic N) is 1. The van der Waals surface area contributed by atoms with Gasteiger partial charge in [-0.1, -0.05) is 32.0 Å². The van der Waals surface area contributed by atoms with Gasteiger partial charge in [0.05, 0.1) is 6.42 Å². The number of benzene rings is 1. The standard InChI is InChI=1S/C15H20N2O3/c1-10(2)12(9-14(18)19)16-15(20)17-8-7-11-5-3-4-6-13(11)17/h3-6,10,12H,7-9H2,1-2H3,(H,16,20)(H,18,19). The molecule has 0 saturated carbocycles. The Morgan fingerprint density at radius 2 is 2.05 bits per heavy atom. The van der Waals surface area contributed by atoms with Crippen LogP contribution in [0.3, 0.4) is 0 Å². The zero-order chi connectivity index (χ0) is 14.7. The second-order valence-corrected chi connectivity index (χ2v) is 5.43. The molecule has 1 aromatic rings. The number of hydrogen-bond acceptors (Lipinski definition) is 2. The van der Waals surface area contributed by atoms with Gasteiger partial charge in [-0.05, 0) is 24.0 Å². The molecular formula is C15H20N2O3. The summed E-state index contributed by atoms with van der Waals surface area (Å²) in [5, 5.41) is 11.7. The smallest absolute Gasteiger partial charge is 0.322 e. The molecular weight excluding hydrogens is 256 g/mol. The maximum atomic E-state index is 12.3. The van der Waals surface area contributed by atoms with E-state index in [2.05, 4.69) is 5.32 Å². The first-order valence-electron chi connectivity index (χ1n) is 6.86. The number of carboxylic acid groups (broad SMARTS) is 1. The van der Waals surface area contributed by atoms with Crippen molar-refractivity contribution in [3.05, 3.63) is 29.8 Å². The summed E-state index contributed by atoms with van der Waals surface area (Å²) in [6, 6.07) is 7.23. The summed E-state index contributed by atoms with van der Waals surface area (Å²) in [4.78, 5) is 24.9. The van der Waals surface area contributed by atoms with Gasteiger partial charge in [-0.15, -0.1) is 0 Å². The van der Waals surface area contributed by atoms with E-state index in [9.17, 15) is 9.59 Å². The fourth-order valence-electron chi connectivity index (χ4n) is 2.43. The highest BCUT2D eigenvalue weighted by molar-refractivity contribution is 5.94. The first kappa shape index (κ1) is 14.4. The Labute approximate surface area is 118 Å². The number of carbonyl (C=O) groups excluding carboxylic acids is 1. The van der Waals surface area contributed by atoms with Crippen LogP contribution in [0.25, 0.3) is 0 Å². The topological polar surface area (TPSA) is 69.6 Å². The molecule has 0 saturated heterocycles. The second kappa shape index (κ2) is 5.94. The van der Waals surface area contributed by atoms with Gasteiger partial charge in [-0.2, -0.15) is 0 Å². The van der Waals surface area contributed by atoms with Crippen LogP contribution in [-0.2, 0) is 11.2 Å². The van der Waals surface area contributed by atoms with Crippen molar-refractivity contribution in [1.82, 2.24) is 5.32 Å².